The van der Waals surface area contributed by atoms with Gasteiger partial charge in [-0.1, -0.05) is 0 Å². The van der Waals surface area contributed by atoms with Crippen molar-refractivity contribution >= 4 is 23.3 Å². The fourth-order valence-electron chi connectivity index (χ4n) is 3.21. The van der Waals surface area contributed by atoms with Crippen molar-refractivity contribution in [3.8, 4) is 5.06 Å². The van der Waals surface area contributed by atoms with E-state index in [0.717, 1.165) is 6.42 Å². The Kier molecular flexibility index (Phi) is 2.87. The number of fused-ring (bicyclic) bond motifs is 1. The molecule has 0 aromatic carbocycles. The van der Waals surface area contributed by atoms with Gasteiger partial charge in [0.1, 0.15) is 5.54 Å². The minimum absolute atomic E-state index is 0.132. The lowest BCUT2D eigenvalue weighted by Gasteiger charge is -2.24. The van der Waals surface area contributed by atoms with E-state index in [1.165, 1.54) is 18.4 Å². The normalized spacial score (nSPS) is 35.6. The van der Waals surface area contributed by atoms with Gasteiger partial charge < -0.3 is 15.2 Å². The molecule has 2 N–H and O–H groups in total. The highest BCUT2D eigenvalue weighted by Crippen LogP contribution is 2.62. The van der Waals surface area contributed by atoms with Gasteiger partial charge in [0.05, 0.1) is 13.0 Å². The maximum Gasteiger partial charge on any atom is 0.332 e. The van der Waals surface area contributed by atoms with Gasteiger partial charge in [0, 0.05) is 5.92 Å². The van der Waals surface area contributed by atoms with E-state index in [4.69, 9.17) is 15.2 Å². The number of ether oxygens (including phenoxy) is 2. The molecular weight excluding hydrogens is 266 g/mol. The number of carbonyl (C=O) groups is 2. The molecule has 3 rings (SSSR count). The summed E-state index contributed by atoms with van der Waals surface area (Å²) in [5, 5.41) is 2.37. The van der Waals surface area contributed by atoms with Crippen molar-refractivity contribution in [3.05, 3.63) is 17.5 Å². The van der Waals surface area contributed by atoms with E-state index in [0.29, 0.717) is 11.5 Å². The number of hydrogen-bond donors (Lipinski definition) is 1. The first-order chi connectivity index (χ1) is 9.08. The zero-order chi connectivity index (χ0) is 13.6. The molecule has 0 saturated heterocycles. The van der Waals surface area contributed by atoms with Crippen LogP contribution in [0.3, 0.4) is 0 Å². The Hall–Kier alpha value is -1.40. The molecule has 6 heteroatoms. The van der Waals surface area contributed by atoms with E-state index in [-0.39, 0.29) is 23.7 Å². The molecule has 1 heterocycles. The molecule has 5 nitrogen and oxygen atoms in total. The van der Waals surface area contributed by atoms with Crippen LogP contribution in [0.5, 0.6) is 5.06 Å². The Morgan fingerprint density at radius 2 is 2.32 bits per heavy atom. The summed E-state index contributed by atoms with van der Waals surface area (Å²) in [5.41, 5.74) is 5.16. The van der Waals surface area contributed by atoms with Gasteiger partial charge in [-0.15, -0.1) is 11.3 Å². The van der Waals surface area contributed by atoms with Crippen LogP contribution in [-0.2, 0) is 14.3 Å². The third kappa shape index (κ3) is 1.86. The third-order valence-electron chi connectivity index (χ3n) is 4.20. The second-order valence-corrected chi connectivity index (χ2v) is 6.05. The molecule has 2 aliphatic rings. The number of rotatable bonds is 3. The summed E-state index contributed by atoms with van der Waals surface area (Å²) in [6.07, 6.45) is 1.35. The summed E-state index contributed by atoms with van der Waals surface area (Å²) < 4.78 is 10.0. The molecule has 19 heavy (non-hydrogen) atoms. The standard InChI is InChI=1S/C13H15NO4S/c1-17-11(15)9-7-4-5-13(14,10(7)9)12(16)18-8-3-2-6-19-8/h2-3,6-7,9-10H,4-5,14H2,1H3. The minimum atomic E-state index is -1.05. The van der Waals surface area contributed by atoms with Crippen molar-refractivity contribution in [2.45, 2.75) is 18.4 Å². The van der Waals surface area contributed by atoms with Crippen molar-refractivity contribution in [1.29, 1.82) is 0 Å². The van der Waals surface area contributed by atoms with Gasteiger partial charge in [-0.05, 0) is 36.3 Å². The molecular formula is C13H15NO4S. The Balaban J connectivity index is 1.73. The summed E-state index contributed by atoms with van der Waals surface area (Å²) in [7, 11) is 1.36. The topological polar surface area (TPSA) is 78.6 Å². The van der Waals surface area contributed by atoms with E-state index < -0.39 is 11.5 Å². The summed E-state index contributed by atoms with van der Waals surface area (Å²) in [5.74, 6) is -0.900. The van der Waals surface area contributed by atoms with E-state index in [1.54, 1.807) is 6.07 Å². The number of hydrogen-bond acceptors (Lipinski definition) is 6. The Bertz CT molecular complexity index is 515. The summed E-state index contributed by atoms with van der Waals surface area (Å²) >= 11 is 1.34. The van der Waals surface area contributed by atoms with E-state index in [2.05, 4.69) is 0 Å². The van der Waals surface area contributed by atoms with E-state index in [1.807, 2.05) is 11.4 Å². The number of methoxy groups -OCH3 is 1. The molecule has 4 unspecified atom stereocenters. The fraction of sp³-hybridized carbons (Fsp3) is 0.538. The molecule has 2 fully saturated rings. The maximum atomic E-state index is 12.2. The van der Waals surface area contributed by atoms with Crippen LogP contribution in [0.1, 0.15) is 12.8 Å². The Morgan fingerprint density at radius 3 is 2.95 bits per heavy atom. The predicted molar refractivity (Wildman–Crippen MR) is 68.6 cm³/mol. The monoisotopic (exact) mass is 281 g/mol. The lowest BCUT2D eigenvalue weighted by Crippen LogP contribution is -2.51. The van der Waals surface area contributed by atoms with Gasteiger partial charge >= 0.3 is 11.9 Å². The largest absolute Gasteiger partial charge is 0.469 e. The van der Waals surface area contributed by atoms with Gasteiger partial charge in [0.2, 0.25) is 0 Å². The highest BCUT2D eigenvalue weighted by atomic mass is 32.1. The number of esters is 2. The smallest absolute Gasteiger partial charge is 0.332 e. The average Bonchev–Trinajstić information content (AvgIpc) is 2.72. The molecule has 2 saturated carbocycles. The summed E-state index contributed by atoms with van der Waals surface area (Å²) in [4.78, 5) is 23.8. The van der Waals surface area contributed by atoms with Gasteiger partial charge in [-0.2, -0.15) is 0 Å². The Morgan fingerprint density at radius 1 is 1.53 bits per heavy atom. The molecule has 1 aromatic heterocycles. The van der Waals surface area contributed by atoms with Crippen LogP contribution >= 0.6 is 11.3 Å². The molecule has 0 bridgehead atoms. The molecule has 102 valence electrons. The summed E-state index contributed by atoms with van der Waals surface area (Å²) in [6, 6.07) is 3.53. The first-order valence-corrected chi connectivity index (χ1v) is 7.08. The zero-order valence-corrected chi connectivity index (χ0v) is 11.3. The number of carbonyl (C=O) groups excluding carboxylic acids is 2. The van der Waals surface area contributed by atoms with Crippen LogP contribution in [0.2, 0.25) is 0 Å². The maximum absolute atomic E-state index is 12.2. The number of thiophene rings is 1. The van der Waals surface area contributed by atoms with E-state index >= 15 is 0 Å². The molecule has 0 spiro atoms. The minimum Gasteiger partial charge on any atom is -0.469 e. The molecule has 0 radical (unpaired) electrons. The van der Waals surface area contributed by atoms with Gasteiger partial charge in [-0.3, -0.25) is 4.79 Å². The van der Waals surface area contributed by atoms with E-state index in [9.17, 15) is 9.59 Å². The van der Waals surface area contributed by atoms with Crippen LogP contribution in [0, 0.1) is 17.8 Å². The van der Waals surface area contributed by atoms with Gasteiger partial charge in [0.25, 0.3) is 0 Å². The van der Waals surface area contributed by atoms with Crippen LogP contribution in [0.15, 0.2) is 17.5 Å². The SMILES string of the molecule is COC(=O)C1C2CCC(N)(C(=O)Oc3cccs3)C21. The Labute approximate surface area is 114 Å². The molecule has 0 aliphatic heterocycles. The van der Waals surface area contributed by atoms with Crippen molar-refractivity contribution in [2.75, 3.05) is 7.11 Å². The predicted octanol–water partition coefficient (Wildman–Crippen LogP) is 1.18. The highest BCUT2D eigenvalue weighted by molar-refractivity contribution is 7.11. The second-order valence-electron chi connectivity index (χ2n) is 5.14. The van der Waals surface area contributed by atoms with Crippen molar-refractivity contribution in [2.24, 2.45) is 23.5 Å². The first-order valence-electron chi connectivity index (χ1n) is 6.20. The molecule has 2 aliphatic carbocycles. The van der Waals surface area contributed by atoms with Crippen molar-refractivity contribution in [3.63, 3.8) is 0 Å². The van der Waals surface area contributed by atoms with Crippen LogP contribution in [0.25, 0.3) is 0 Å². The lowest BCUT2D eigenvalue weighted by molar-refractivity contribution is -0.145. The fourth-order valence-corrected chi connectivity index (χ4v) is 3.78. The second kappa shape index (κ2) is 4.31. The first kappa shape index (κ1) is 12.6. The third-order valence-corrected chi connectivity index (χ3v) is 4.94. The molecule has 4 atom stereocenters. The van der Waals surface area contributed by atoms with Crippen LogP contribution in [-0.4, -0.2) is 24.6 Å². The van der Waals surface area contributed by atoms with Crippen LogP contribution < -0.4 is 10.5 Å². The average molecular weight is 281 g/mol. The molecule has 0 amide bonds. The summed E-state index contributed by atoms with van der Waals surface area (Å²) in [6.45, 7) is 0. The molecule has 1 aromatic rings. The highest BCUT2D eigenvalue weighted by Gasteiger charge is 2.70. The quantitative estimate of drug-likeness (QED) is 0.842. The van der Waals surface area contributed by atoms with Gasteiger partial charge in [-0.25, -0.2) is 4.79 Å². The van der Waals surface area contributed by atoms with Crippen LogP contribution in [0.4, 0.5) is 0 Å². The number of nitrogens with two attached hydrogens (primary N) is 1. The zero-order valence-electron chi connectivity index (χ0n) is 10.5. The lowest BCUT2D eigenvalue weighted by atomic mass is 9.91. The van der Waals surface area contributed by atoms with Crippen molar-refractivity contribution in [1.82, 2.24) is 0 Å². The van der Waals surface area contributed by atoms with Gasteiger partial charge in [0.15, 0.2) is 5.06 Å². The van der Waals surface area contributed by atoms with Crippen molar-refractivity contribution < 1.29 is 19.1 Å².